The summed E-state index contributed by atoms with van der Waals surface area (Å²) in [6, 6.07) is 12.1. The number of nitrogens with zero attached hydrogens (tertiary/aromatic N) is 1. The minimum absolute atomic E-state index is 0.597. The van der Waals surface area contributed by atoms with E-state index in [0.29, 0.717) is 19.8 Å². The summed E-state index contributed by atoms with van der Waals surface area (Å²) in [5, 5.41) is 11.6. The van der Waals surface area contributed by atoms with Crippen LogP contribution in [0.4, 0.5) is 5.69 Å². The van der Waals surface area contributed by atoms with Crippen molar-refractivity contribution >= 4 is 16.6 Å². The third-order valence-electron chi connectivity index (χ3n) is 3.59. The van der Waals surface area contributed by atoms with Gasteiger partial charge in [0.05, 0.1) is 17.4 Å². The molecule has 0 fully saturated rings. The fourth-order valence-electron chi connectivity index (χ4n) is 2.58. The van der Waals surface area contributed by atoms with Gasteiger partial charge in [0.1, 0.15) is 13.2 Å². The molecule has 0 saturated carbocycles. The van der Waals surface area contributed by atoms with E-state index in [1.807, 2.05) is 42.6 Å². The Kier molecular flexibility index (Phi) is 2.88. The maximum Gasteiger partial charge on any atom is 0.166 e. The maximum atomic E-state index is 5.73. The Balaban J connectivity index is 1.61. The van der Waals surface area contributed by atoms with Gasteiger partial charge in [-0.05, 0) is 12.1 Å². The first-order valence-electron chi connectivity index (χ1n) is 6.95. The second-order valence-corrected chi connectivity index (χ2v) is 4.93. The Labute approximate surface area is 121 Å². The molecule has 3 aromatic rings. The molecule has 0 aliphatic carbocycles. The first kappa shape index (κ1) is 12.1. The van der Waals surface area contributed by atoms with Gasteiger partial charge < -0.3 is 14.8 Å². The first-order chi connectivity index (χ1) is 10.4. The van der Waals surface area contributed by atoms with Crippen molar-refractivity contribution in [3.8, 4) is 11.5 Å². The highest BCUT2D eigenvalue weighted by atomic mass is 16.6. The summed E-state index contributed by atoms with van der Waals surface area (Å²) in [6.07, 6.45) is 1.82. The molecular formula is C16H15N3O2. The number of fused-ring (bicyclic) bond motifs is 2. The topological polar surface area (TPSA) is 59.2 Å². The molecule has 5 nitrogen and oxygen atoms in total. The SMILES string of the molecule is c1cc(CNc2cccc3cn[nH]c23)c2c(c1)OCCO2. The number of benzene rings is 2. The van der Waals surface area contributed by atoms with E-state index in [0.717, 1.165) is 33.7 Å². The predicted octanol–water partition coefficient (Wildman–Crippen LogP) is 2.95. The molecule has 0 bridgehead atoms. The van der Waals surface area contributed by atoms with Crippen LogP contribution in [0.5, 0.6) is 11.5 Å². The third kappa shape index (κ3) is 2.16. The summed E-state index contributed by atoms with van der Waals surface area (Å²) in [5.74, 6) is 1.66. The van der Waals surface area contributed by atoms with Crippen LogP contribution in [0.1, 0.15) is 5.56 Å². The van der Waals surface area contributed by atoms with Crippen LogP contribution in [0.15, 0.2) is 42.6 Å². The van der Waals surface area contributed by atoms with E-state index in [-0.39, 0.29) is 0 Å². The Morgan fingerprint density at radius 1 is 1.10 bits per heavy atom. The summed E-state index contributed by atoms with van der Waals surface area (Å²) in [4.78, 5) is 0. The van der Waals surface area contributed by atoms with Gasteiger partial charge in [0.2, 0.25) is 0 Å². The molecule has 21 heavy (non-hydrogen) atoms. The van der Waals surface area contributed by atoms with E-state index in [1.54, 1.807) is 0 Å². The average Bonchev–Trinajstić information content (AvgIpc) is 3.02. The molecule has 0 unspecified atom stereocenters. The van der Waals surface area contributed by atoms with E-state index in [4.69, 9.17) is 9.47 Å². The maximum absolute atomic E-state index is 5.73. The fourth-order valence-corrected chi connectivity index (χ4v) is 2.58. The van der Waals surface area contributed by atoms with Crippen molar-refractivity contribution in [2.24, 2.45) is 0 Å². The Hall–Kier alpha value is -2.69. The number of rotatable bonds is 3. The van der Waals surface area contributed by atoms with Crippen LogP contribution < -0.4 is 14.8 Å². The van der Waals surface area contributed by atoms with Crippen LogP contribution in [-0.4, -0.2) is 23.4 Å². The van der Waals surface area contributed by atoms with Gasteiger partial charge in [0.25, 0.3) is 0 Å². The van der Waals surface area contributed by atoms with Crippen molar-refractivity contribution in [3.63, 3.8) is 0 Å². The Morgan fingerprint density at radius 3 is 3.00 bits per heavy atom. The van der Waals surface area contributed by atoms with Gasteiger partial charge in [-0.3, -0.25) is 5.10 Å². The van der Waals surface area contributed by atoms with Crippen LogP contribution in [0.25, 0.3) is 10.9 Å². The smallest absolute Gasteiger partial charge is 0.166 e. The van der Waals surface area contributed by atoms with Crippen LogP contribution in [-0.2, 0) is 6.54 Å². The van der Waals surface area contributed by atoms with Gasteiger partial charge >= 0.3 is 0 Å². The molecule has 0 spiro atoms. The number of H-pyrrole nitrogens is 1. The molecule has 106 valence electrons. The monoisotopic (exact) mass is 281 g/mol. The van der Waals surface area contributed by atoms with Crippen molar-refractivity contribution < 1.29 is 9.47 Å². The van der Waals surface area contributed by atoms with Gasteiger partial charge in [-0.25, -0.2) is 0 Å². The largest absolute Gasteiger partial charge is 0.486 e. The molecule has 0 radical (unpaired) electrons. The number of ether oxygens (including phenoxy) is 2. The molecule has 5 heteroatoms. The van der Waals surface area contributed by atoms with Crippen LogP contribution in [0.2, 0.25) is 0 Å². The first-order valence-corrected chi connectivity index (χ1v) is 6.95. The van der Waals surface area contributed by atoms with E-state index in [1.165, 1.54) is 0 Å². The van der Waals surface area contributed by atoms with Gasteiger partial charge in [-0.2, -0.15) is 5.10 Å². The van der Waals surface area contributed by atoms with Crippen molar-refractivity contribution in [2.75, 3.05) is 18.5 Å². The number of para-hydroxylation sites is 2. The second-order valence-electron chi connectivity index (χ2n) is 4.93. The zero-order valence-corrected chi connectivity index (χ0v) is 11.4. The van der Waals surface area contributed by atoms with E-state index in [2.05, 4.69) is 15.5 Å². The molecule has 1 aromatic heterocycles. The Bertz CT molecular complexity index is 782. The number of anilines is 1. The normalized spacial score (nSPS) is 13.3. The van der Waals surface area contributed by atoms with Crippen LogP contribution >= 0.6 is 0 Å². The number of aromatic nitrogens is 2. The number of aromatic amines is 1. The molecule has 2 aromatic carbocycles. The van der Waals surface area contributed by atoms with Crippen molar-refractivity contribution in [1.29, 1.82) is 0 Å². The fraction of sp³-hybridized carbons (Fsp3) is 0.188. The predicted molar refractivity (Wildman–Crippen MR) is 80.9 cm³/mol. The van der Waals surface area contributed by atoms with Crippen molar-refractivity contribution in [2.45, 2.75) is 6.54 Å². The molecule has 1 aliphatic heterocycles. The highest BCUT2D eigenvalue weighted by Crippen LogP contribution is 2.34. The van der Waals surface area contributed by atoms with Gasteiger partial charge in [0, 0.05) is 17.5 Å². The molecule has 0 amide bonds. The third-order valence-corrected chi connectivity index (χ3v) is 3.59. The standard InChI is InChI=1S/C16H15N3O2/c1-3-11-10-18-19-15(11)13(5-1)17-9-12-4-2-6-14-16(12)21-8-7-20-14/h1-6,10,17H,7-9H2,(H,18,19). The zero-order chi connectivity index (χ0) is 14.1. The van der Waals surface area contributed by atoms with Crippen LogP contribution in [0, 0.1) is 0 Å². The van der Waals surface area contributed by atoms with Gasteiger partial charge in [-0.15, -0.1) is 0 Å². The molecule has 0 atom stereocenters. The highest BCUT2D eigenvalue weighted by molar-refractivity contribution is 5.89. The van der Waals surface area contributed by atoms with E-state index < -0.39 is 0 Å². The molecular weight excluding hydrogens is 266 g/mol. The number of hydrogen-bond donors (Lipinski definition) is 2. The van der Waals surface area contributed by atoms with Gasteiger partial charge in [0.15, 0.2) is 11.5 Å². The molecule has 0 saturated heterocycles. The lowest BCUT2D eigenvalue weighted by Gasteiger charge is -2.21. The van der Waals surface area contributed by atoms with E-state index in [9.17, 15) is 0 Å². The molecule has 2 N–H and O–H groups in total. The minimum Gasteiger partial charge on any atom is -0.486 e. The molecule has 2 heterocycles. The average molecular weight is 281 g/mol. The molecule has 4 rings (SSSR count). The summed E-state index contributed by atoms with van der Waals surface area (Å²) >= 11 is 0. The number of nitrogens with one attached hydrogen (secondary N) is 2. The second kappa shape index (κ2) is 5.01. The lowest BCUT2D eigenvalue weighted by atomic mass is 10.1. The summed E-state index contributed by atoms with van der Waals surface area (Å²) in [7, 11) is 0. The minimum atomic E-state index is 0.597. The highest BCUT2D eigenvalue weighted by Gasteiger charge is 2.15. The quantitative estimate of drug-likeness (QED) is 0.775. The van der Waals surface area contributed by atoms with Crippen molar-refractivity contribution in [1.82, 2.24) is 10.2 Å². The lowest BCUT2D eigenvalue weighted by molar-refractivity contribution is 0.170. The van der Waals surface area contributed by atoms with Gasteiger partial charge in [-0.1, -0.05) is 24.3 Å². The summed E-state index contributed by atoms with van der Waals surface area (Å²) in [5.41, 5.74) is 3.13. The zero-order valence-electron chi connectivity index (χ0n) is 11.4. The molecule has 1 aliphatic rings. The van der Waals surface area contributed by atoms with E-state index >= 15 is 0 Å². The lowest BCUT2D eigenvalue weighted by Crippen LogP contribution is -2.17. The summed E-state index contributed by atoms with van der Waals surface area (Å²) < 4.78 is 11.3. The van der Waals surface area contributed by atoms with Crippen molar-refractivity contribution in [3.05, 3.63) is 48.2 Å². The Morgan fingerprint density at radius 2 is 2.00 bits per heavy atom. The summed E-state index contributed by atoms with van der Waals surface area (Å²) in [6.45, 7) is 1.88. The van der Waals surface area contributed by atoms with Crippen LogP contribution in [0.3, 0.4) is 0 Å². The number of hydrogen-bond acceptors (Lipinski definition) is 4.